The summed E-state index contributed by atoms with van der Waals surface area (Å²) >= 11 is 6.65. The van der Waals surface area contributed by atoms with Gasteiger partial charge in [-0.3, -0.25) is 9.59 Å². The summed E-state index contributed by atoms with van der Waals surface area (Å²) in [5, 5.41) is 2.70. The molecule has 0 saturated heterocycles. The fourth-order valence-electron chi connectivity index (χ4n) is 1.86. The Morgan fingerprint density at radius 1 is 1.26 bits per heavy atom. The minimum absolute atomic E-state index is 0.286. The number of carbonyl (C=O) groups excluding carboxylic acids is 2. The Kier molecular flexibility index (Phi) is 4.62. The molecule has 1 aliphatic carbocycles. The van der Waals surface area contributed by atoms with E-state index in [4.69, 9.17) is 5.73 Å². The zero-order valence-electron chi connectivity index (χ0n) is 10.2. The first kappa shape index (κ1) is 14.5. The van der Waals surface area contributed by atoms with E-state index in [1.165, 1.54) is 0 Å². The van der Waals surface area contributed by atoms with Gasteiger partial charge in [-0.1, -0.05) is 44.7 Å². The molecule has 0 unspecified atom stereocenters. The second-order valence-corrected chi connectivity index (χ2v) is 6.60. The molecule has 4 nitrogen and oxygen atoms in total. The first-order chi connectivity index (χ1) is 8.95. The van der Waals surface area contributed by atoms with E-state index in [1.54, 1.807) is 12.1 Å². The summed E-state index contributed by atoms with van der Waals surface area (Å²) in [7, 11) is 0. The van der Waals surface area contributed by atoms with Crippen LogP contribution in [-0.4, -0.2) is 17.9 Å². The molecule has 0 aromatic heterocycles. The number of nitrogens with two attached hydrogens (primary N) is 1. The number of halogens is 2. The molecule has 1 saturated carbocycles. The van der Waals surface area contributed by atoms with E-state index in [0.29, 0.717) is 17.9 Å². The molecule has 0 spiro atoms. The molecule has 1 aliphatic rings. The van der Waals surface area contributed by atoms with Crippen molar-refractivity contribution in [3.63, 3.8) is 0 Å². The van der Waals surface area contributed by atoms with Crippen LogP contribution >= 0.6 is 31.9 Å². The standard InChI is InChI=1S/C13H14Br2N2O2/c14-9-4-8(5-10(15)6-9)13(19)17-11(12(16)18)3-7-1-2-7/h4-7,11H,1-3H2,(H2,16,18)(H,17,19)/t11-/m1/s1. The maximum Gasteiger partial charge on any atom is 0.252 e. The second-order valence-electron chi connectivity index (χ2n) is 4.77. The number of hydrogen-bond acceptors (Lipinski definition) is 2. The number of carbonyl (C=O) groups is 2. The predicted octanol–water partition coefficient (Wildman–Crippen LogP) is 2.60. The lowest BCUT2D eigenvalue weighted by atomic mass is 10.1. The molecule has 102 valence electrons. The fraction of sp³-hybridized carbons (Fsp3) is 0.385. The van der Waals surface area contributed by atoms with E-state index in [-0.39, 0.29) is 5.91 Å². The van der Waals surface area contributed by atoms with Gasteiger partial charge >= 0.3 is 0 Å². The zero-order valence-corrected chi connectivity index (χ0v) is 13.3. The maximum atomic E-state index is 12.1. The minimum atomic E-state index is -0.585. The van der Waals surface area contributed by atoms with Crippen molar-refractivity contribution < 1.29 is 9.59 Å². The summed E-state index contributed by atoms with van der Waals surface area (Å²) < 4.78 is 1.59. The van der Waals surface area contributed by atoms with Crippen LogP contribution in [0.15, 0.2) is 27.1 Å². The highest BCUT2D eigenvalue weighted by Gasteiger charge is 2.29. The van der Waals surface area contributed by atoms with Gasteiger partial charge in [0.1, 0.15) is 6.04 Å². The third-order valence-electron chi connectivity index (χ3n) is 3.04. The smallest absolute Gasteiger partial charge is 0.252 e. The van der Waals surface area contributed by atoms with Gasteiger partial charge in [0.25, 0.3) is 5.91 Å². The molecule has 1 atom stereocenters. The van der Waals surface area contributed by atoms with Gasteiger partial charge in [-0.2, -0.15) is 0 Å². The fourth-order valence-corrected chi connectivity index (χ4v) is 3.15. The van der Waals surface area contributed by atoms with Crippen LogP contribution in [0.1, 0.15) is 29.6 Å². The summed E-state index contributed by atoms with van der Waals surface area (Å²) in [6.07, 6.45) is 2.86. The zero-order chi connectivity index (χ0) is 14.0. The van der Waals surface area contributed by atoms with Crippen molar-refractivity contribution in [1.29, 1.82) is 0 Å². The molecule has 0 aliphatic heterocycles. The lowest BCUT2D eigenvalue weighted by Crippen LogP contribution is -2.44. The van der Waals surface area contributed by atoms with Gasteiger partial charge in [-0.15, -0.1) is 0 Å². The monoisotopic (exact) mass is 388 g/mol. The summed E-state index contributed by atoms with van der Waals surface area (Å²) in [5.41, 5.74) is 5.82. The van der Waals surface area contributed by atoms with Crippen molar-refractivity contribution >= 4 is 43.7 Å². The highest BCUT2D eigenvalue weighted by molar-refractivity contribution is 9.11. The van der Waals surface area contributed by atoms with Crippen molar-refractivity contribution in [2.24, 2.45) is 11.7 Å². The Balaban J connectivity index is 2.07. The number of hydrogen-bond donors (Lipinski definition) is 2. The normalized spacial score (nSPS) is 15.9. The third kappa shape index (κ3) is 4.31. The molecule has 6 heteroatoms. The van der Waals surface area contributed by atoms with E-state index in [1.807, 2.05) is 6.07 Å². The van der Waals surface area contributed by atoms with Gasteiger partial charge in [-0.25, -0.2) is 0 Å². The number of nitrogens with one attached hydrogen (secondary N) is 1. The van der Waals surface area contributed by atoms with Crippen LogP contribution in [0.4, 0.5) is 0 Å². The van der Waals surface area contributed by atoms with Gasteiger partial charge in [0.2, 0.25) is 5.91 Å². The summed E-state index contributed by atoms with van der Waals surface area (Å²) in [6, 6.07) is 4.66. The van der Waals surface area contributed by atoms with E-state index >= 15 is 0 Å². The molecule has 0 bridgehead atoms. The van der Waals surface area contributed by atoms with Crippen LogP contribution < -0.4 is 11.1 Å². The third-order valence-corrected chi connectivity index (χ3v) is 3.96. The van der Waals surface area contributed by atoms with Crippen LogP contribution in [0.3, 0.4) is 0 Å². The van der Waals surface area contributed by atoms with E-state index < -0.39 is 11.9 Å². The van der Waals surface area contributed by atoms with Gasteiger partial charge in [0.05, 0.1) is 0 Å². The molecule has 0 radical (unpaired) electrons. The Morgan fingerprint density at radius 2 is 1.84 bits per heavy atom. The molecule has 0 heterocycles. The van der Waals surface area contributed by atoms with E-state index in [9.17, 15) is 9.59 Å². The number of rotatable bonds is 5. The molecular formula is C13H14Br2N2O2. The van der Waals surface area contributed by atoms with Crippen molar-refractivity contribution in [1.82, 2.24) is 5.32 Å². The van der Waals surface area contributed by atoms with Gasteiger partial charge in [0.15, 0.2) is 0 Å². The number of amides is 2. The Hall–Kier alpha value is -0.880. The first-order valence-electron chi connectivity index (χ1n) is 6.02. The molecule has 1 fully saturated rings. The topological polar surface area (TPSA) is 72.2 Å². The van der Waals surface area contributed by atoms with E-state index in [2.05, 4.69) is 37.2 Å². The SMILES string of the molecule is NC(=O)[C@@H](CC1CC1)NC(=O)c1cc(Br)cc(Br)c1. The predicted molar refractivity (Wildman–Crippen MR) is 79.6 cm³/mol. The molecular weight excluding hydrogens is 376 g/mol. The van der Waals surface area contributed by atoms with Crippen LogP contribution in [-0.2, 0) is 4.79 Å². The molecule has 2 rings (SSSR count). The van der Waals surface area contributed by atoms with E-state index in [0.717, 1.165) is 21.8 Å². The largest absolute Gasteiger partial charge is 0.368 e. The molecule has 1 aromatic carbocycles. The highest BCUT2D eigenvalue weighted by atomic mass is 79.9. The van der Waals surface area contributed by atoms with Crippen LogP contribution in [0.5, 0.6) is 0 Å². The Labute approximate surface area is 128 Å². The number of primary amides is 1. The second kappa shape index (κ2) is 6.05. The molecule has 3 N–H and O–H groups in total. The van der Waals surface area contributed by atoms with Gasteiger partial charge < -0.3 is 11.1 Å². The minimum Gasteiger partial charge on any atom is -0.368 e. The Bertz CT molecular complexity index is 495. The highest BCUT2D eigenvalue weighted by Crippen LogP contribution is 2.33. The average Bonchev–Trinajstić information content (AvgIpc) is 3.10. The Morgan fingerprint density at radius 3 is 2.32 bits per heavy atom. The maximum absolute atomic E-state index is 12.1. The van der Waals surface area contributed by atoms with Crippen molar-refractivity contribution in [2.75, 3.05) is 0 Å². The van der Waals surface area contributed by atoms with Gasteiger partial charge in [0, 0.05) is 14.5 Å². The van der Waals surface area contributed by atoms with Crippen molar-refractivity contribution in [3.8, 4) is 0 Å². The summed E-state index contributed by atoms with van der Waals surface area (Å²) in [4.78, 5) is 23.5. The quantitative estimate of drug-likeness (QED) is 0.812. The average molecular weight is 390 g/mol. The molecule has 2 amide bonds. The lowest BCUT2D eigenvalue weighted by molar-refractivity contribution is -0.120. The number of benzene rings is 1. The van der Waals surface area contributed by atoms with Crippen molar-refractivity contribution in [2.45, 2.75) is 25.3 Å². The van der Waals surface area contributed by atoms with Crippen LogP contribution in [0.2, 0.25) is 0 Å². The van der Waals surface area contributed by atoms with Gasteiger partial charge in [-0.05, 0) is 30.5 Å². The van der Waals surface area contributed by atoms with Crippen molar-refractivity contribution in [3.05, 3.63) is 32.7 Å². The summed E-state index contributed by atoms with van der Waals surface area (Å²) in [6.45, 7) is 0. The lowest BCUT2D eigenvalue weighted by Gasteiger charge is -2.15. The molecule has 19 heavy (non-hydrogen) atoms. The summed E-state index contributed by atoms with van der Waals surface area (Å²) in [5.74, 6) is -0.243. The molecule has 1 aromatic rings. The van der Waals surface area contributed by atoms with Crippen LogP contribution in [0, 0.1) is 5.92 Å². The van der Waals surface area contributed by atoms with Crippen LogP contribution in [0.25, 0.3) is 0 Å². The first-order valence-corrected chi connectivity index (χ1v) is 7.60.